The van der Waals surface area contributed by atoms with Crippen LogP contribution in [0, 0.1) is 11.8 Å². The first kappa shape index (κ1) is 10.9. The van der Waals surface area contributed by atoms with E-state index in [1.54, 1.807) is 0 Å². The van der Waals surface area contributed by atoms with Crippen LogP contribution in [0.15, 0.2) is 0 Å². The molecule has 0 heterocycles. The smallest absolute Gasteiger partial charge is 0.100 e. The lowest BCUT2D eigenvalue weighted by Gasteiger charge is -2.11. The Kier molecular flexibility index (Phi) is 5.53. The molecule has 0 aromatic rings. The van der Waals surface area contributed by atoms with Gasteiger partial charge in [0.15, 0.2) is 0 Å². The predicted molar refractivity (Wildman–Crippen MR) is 48.4 cm³/mol. The highest BCUT2D eigenvalue weighted by Gasteiger charge is 2.09. The molecule has 0 radical (unpaired) electrons. The molecule has 0 amide bonds. The standard InChI is InChI=1S/C10H21F/c1-8(2)5-6-10(11)7-9(3)4/h8-10H,5-7H2,1-4H3. The molecule has 0 N–H and O–H groups in total. The van der Waals surface area contributed by atoms with Gasteiger partial charge in [0.1, 0.15) is 6.17 Å². The van der Waals surface area contributed by atoms with Gasteiger partial charge in [0.25, 0.3) is 0 Å². The molecular formula is C10H21F. The third-order valence-corrected chi connectivity index (χ3v) is 1.78. The van der Waals surface area contributed by atoms with E-state index in [4.69, 9.17) is 0 Å². The molecule has 0 aromatic heterocycles. The zero-order valence-corrected chi connectivity index (χ0v) is 8.23. The SMILES string of the molecule is CC(C)CCC(F)CC(C)C. The molecule has 11 heavy (non-hydrogen) atoms. The highest BCUT2D eigenvalue weighted by molar-refractivity contribution is 4.60. The summed E-state index contributed by atoms with van der Waals surface area (Å²) in [7, 11) is 0. The Morgan fingerprint density at radius 3 is 1.82 bits per heavy atom. The van der Waals surface area contributed by atoms with E-state index in [-0.39, 0.29) is 0 Å². The minimum Gasteiger partial charge on any atom is -0.247 e. The molecule has 0 aliphatic rings. The van der Waals surface area contributed by atoms with Gasteiger partial charge in [-0.05, 0) is 31.1 Å². The van der Waals surface area contributed by atoms with E-state index in [9.17, 15) is 4.39 Å². The van der Waals surface area contributed by atoms with Crippen molar-refractivity contribution in [1.29, 1.82) is 0 Å². The summed E-state index contributed by atoms with van der Waals surface area (Å²) in [6.07, 6.45) is 1.92. The molecule has 1 unspecified atom stereocenters. The van der Waals surface area contributed by atoms with E-state index in [2.05, 4.69) is 27.7 Å². The van der Waals surface area contributed by atoms with Gasteiger partial charge in [-0.15, -0.1) is 0 Å². The van der Waals surface area contributed by atoms with Gasteiger partial charge < -0.3 is 0 Å². The Hall–Kier alpha value is -0.0700. The van der Waals surface area contributed by atoms with Crippen molar-refractivity contribution in [2.75, 3.05) is 0 Å². The fourth-order valence-corrected chi connectivity index (χ4v) is 1.14. The van der Waals surface area contributed by atoms with E-state index in [0.29, 0.717) is 11.8 Å². The van der Waals surface area contributed by atoms with E-state index in [1.165, 1.54) is 0 Å². The van der Waals surface area contributed by atoms with Crippen molar-refractivity contribution in [1.82, 2.24) is 0 Å². The maximum absolute atomic E-state index is 13.0. The van der Waals surface area contributed by atoms with Crippen LogP contribution in [0.3, 0.4) is 0 Å². The molecule has 0 saturated carbocycles. The number of halogens is 1. The largest absolute Gasteiger partial charge is 0.247 e. The molecule has 0 nitrogen and oxygen atoms in total. The van der Waals surface area contributed by atoms with Gasteiger partial charge in [0.2, 0.25) is 0 Å². The molecule has 0 aliphatic heterocycles. The molecular weight excluding hydrogens is 139 g/mol. The first-order chi connectivity index (χ1) is 5.02. The second-order valence-electron chi connectivity index (χ2n) is 4.20. The summed E-state index contributed by atoms with van der Waals surface area (Å²) in [5.74, 6) is 1.14. The van der Waals surface area contributed by atoms with Crippen LogP contribution >= 0.6 is 0 Å². The van der Waals surface area contributed by atoms with Crippen LogP contribution in [0.25, 0.3) is 0 Å². The third kappa shape index (κ3) is 7.83. The number of alkyl halides is 1. The summed E-state index contributed by atoms with van der Waals surface area (Å²) >= 11 is 0. The van der Waals surface area contributed by atoms with Crippen LogP contribution in [0.5, 0.6) is 0 Å². The maximum Gasteiger partial charge on any atom is 0.100 e. The molecule has 0 bridgehead atoms. The fourth-order valence-electron chi connectivity index (χ4n) is 1.14. The Morgan fingerprint density at radius 2 is 1.45 bits per heavy atom. The Morgan fingerprint density at radius 1 is 0.909 bits per heavy atom. The van der Waals surface area contributed by atoms with Crippen LogP contribution in [-0.2, 0) is 0 Å². The Balaban J connectivity index is 3.29. The highest BCUT2D eigenvalue weighted by atomic mass is 19.1. The topological polar surface area (TPSA) is 0 Å². The summed E-state index contributed by atoms with van der Waals surface area (Å²) in [5, 5.41) is 0. The van der Waals surface area contributed by atoms with Crippen molar-refractivity contribution >= 4 is 0 Å². The average Bonchev–Trinajstić information content (AvgIpc) is 1.82. The summed E-state index contributed by atoms with van der Waals surface area (Å²) < 4.78 is 13.0. The van der Waals surface area contributed by atoms with Crippen LogP contribution in [-0.4, -0.2) is 6.17 Å². The Labute approximate surface area is 70.2 Å². The lowest BCUT2D eigenvalue weighted by molar-refractivity contribution is 0.253. The van der Waals surface area contributed by atoms with E-state index < -0.39 is 6.17 Å². The summed E-state index contributed by atoms with van der Waals surface area (Å²) in [5.41, 5.74) is 0. The monoisotopic (exact) mass is 160 g/mol. The van der Waals surface area contributed by atoms with Gasteiger partial charge in [-0.3, -0.25) is 0 Å². The van der Waals surface area contributed by atoms with Crippen LogP contribution in [0.4, 0.5) is 4.39 Å². The zero-order chi connectivity index (χ0) is 8.85. The van der Waals surface area contributed by atoms with Crippen molar-refractivity contribution in [3.8, 4) is 0 Å². The lowest BCUT2D eigenvalue weighted by atomic mass is 10.00. The maximum atomic E-state index is 13.0. The number of hydrogen-bond acceptors (Lipinski definition) is 0. The van der Waals surface area contributed by atoms with E-state index in [0.717, 1.165) is 19.3 Å². The van der Waals surface area contributed by atoms with Gasteiger partial charge in [-0.25, -0.2) is 4.39 Å². The van der Waals surface area contributed by atoms with Gasteiger partial charge in [-0.1, -0.05) is 27.7 Å². The molecule has 0 saturated heterocycles. The summed E-state index contributed by atoms with van der Waals surface area (Å²) in [4.78, 5) is 0. The zero-order valence-electron chi connectivity index (χ0n) is 8.23. The van der Waals surface area contributed by atoms with Crippen molar-refractivity contribution in [2.45, 2.75) is 53.1 Å². The first-order valence-electron chi connectivity index (χ1n) is 4.66. The number of rotatable bonds is 5. The molecule has 1 atom stereocenters. The third-order valence-electron chi connectivity index (χ3n) is 1.78. The van der Waals surface area contributed by atoms with Gasteiger partial charge in [0, 0.05) is 0 Å². The van der Waals surface area contributed by atoms with Crippen LogP contribution in [0.2, 0.25) is 0 Å². The highest BCUT2D eigenvalue weighted by Crippen LogP contribution is 2.15. The van der Waals surface area contributed by atoms with Gasteiger partial charge >= 0.3 is 0 Å². The van der Waals surface area contributed by atoms with Crippen LogP contribution < -0.4 is 0 Å². The molecule has 1 heteroatoms. The summed E-state index contributed by atoms with van der Waals surface area (Å²) in [6.45, 7) is 8.42. The fraction of sp³-hybridized carbons (Fsp3) is 1.00. The van der Waals surface area contributed by atoms with Crippen molar-refractivity contribution in [3.05, 3.63) is 0 Å². The van der Waals surface area contributed by atoms with E-state index in [1.807, 2.05) is 0 Å². The molecule has 0 fully saturated rings. The molecule has 0 aliphatic carbocycles. The molecule has 0 aromatic carbocycles. The molecule has 0 rings (SSSR count). The predicted octanol–water partition coefficient (Wildman–Crippen LogP) is 3.81. The first-order valence-corrected chi connectivity index (χ1v) is 4.66. The minimum absolute atomic E-state index is 0.497. The Bertz CT molecular complexity index is 86.9. The van der Waals surface area contributed by atoms with Crippen LogP contribution in [0.1, 0.15) is 47.0 Å². The number of hydrogen-bond donors (Lipinski definition) is 0. The lowest BCUT2D eigenvalue weighted by Crippen LogP contribution is -2.05. The van der Waals surface area contributed by atoms with Crippen molar-refractivity contribution in [3.63, 3.8) is 0 Å². The quantitative estimate of drug-likeness (QED) is 0.573. The van der Waals surface area contributed by atoms with Crippen molar-refractivity contribution in [2.24, 2.45) is 11.8 Å². The second kappa shape index (κ2) is 5.56. The normalized spacial score (nSPS) is 14.5. The van der Waals surface area contributed by atoms with E-state index >= 15 is 0 Å². The second-order valence-corrected chi connectivity index (χ2v) is 4.20. The molecule has 0 spiro atoms. The average molecular weight is 160 g/mol. The van der Waals surface area contributed by atoms with Gasteiger partial charge in [-0.2, -0.15) is 0 Å². The summed E-state index contributed by atoms with van der Waals surface area (Å²) in [6, 6.07) is 0. The minimum atomic E-state index is -0.572. The molecule has 68 valence electrons. The van der Waals surface area contributed by atoms with Crippen molar-refractivity contribution < 1.29 is 4.39 Å². The van der Waals surface area contributed by atoms with Gasteiger partial charge in [0.05, 0.1) is 0 Å².